The maximum Gasteiger partial charge on any atom is 0.218 e. The normalized spacial score (nSPS) is 9.22. The molecule has 0 amide bonds. The van der Waals surface area contributed by atoms with Gasteiger partial charge in [-0.2, -0.15) is 0 Å². The van der Waals surface area contributed by atoms with E-state index in [-0.39, 0.29) is 5.76 Å². The molecule has 0 radical (unpaired) electrons. The van der Waals surface area contributed by atoms with Gasteiger partial charge in [-0.05, 0) is 6.08 Å². The van der Waals surface area contributed by atoms with Crippen LogP contribution in [-0.2, 0) is 4.89 Å². The van der Waals surface area contributed by atoms with Crippen LogP contribution in [0.3, 0.4) is 0 Å². The summed E-state index contributed by atoms with van der Waals surface area (Å²) in [4.78, 5) is 3.69. The molecule has 0 aromatic carbocycles. The van der Waals surface area contributed by atoms with Crippen molar-refractivity contribution in [1.82, 2.24) is 0 Å². The second-order valence-electron chi connectivity index (χ2n) is 1.09. The molecule has 3 heteroatoms. The number of aliphatic hydroxyl groups is 1. The lowest BCUT2D eigenvalue weighted by atomic mass is 10.4. The molecule has 0 saturated heterocycles. The third-order valence-electron chi connectivity index (χ3n) is 0.547. The minimum Gasteiger partial charge on any atom is -0.462 e. The quantitative estimate of drug-likeness (QED) is 0.190. The summed E-state index contributed by atoms with van der Waals surface area (Å²) in [5.41, 5.74) is 0. The second kappa shape index (κ2) is 4.75. The smallest absolute Gasteiger partial charge is 0.218 e. The van der Waals surface area contributed by atoms with E-state index in [4.69, 9.17) is 10.4 Å². The van der Waals surface area contributed by atoms with E-state index in [1.54, 1.807) is 6.11 Å². The van der Waals surface area contributed by atoms with Crippen molar-refractivity contribution in [2.45, 2.75) is 0 Å². The average Bonchev–Trinajstić information content (AvgIpc) is 1.88. The number of hydrogen-bond donors (Lipinski definition) is 2. The third-order valence-corrected chi connectivity index (χ3v) is 0.547. The Bertz CT molecular complexity index is 170. The minimum atomic E-state index is -0.0486. The fourth-order valence-electron chi connectivity index (χ4n) is 0.257. The van der Waals surface area contributed by atoms with Gasteiger partial charge in [-0.1, -0.05) is 12.7 Å². The number of rotatable bonds is 2. The summed E-state index contributed by atoms with van der Waals surface area (Å²) in [6, 6.07) is 0. The third kappa shape index (κ3) is 3.21. The zero-order chi connectivity index (χ0) is 7.11. The highest BCUT2D eigenvalue weighted by Crippen LogP contribution is 1.90. The average molecular weight is 126 g/mol. The molecule has 2 N–H and O–H groups in total. The monoisotopic (exact) mass is 126 g/mol. The molecule has 0 heterocycles. The van der Waals surface area contributed by atoms with E-state index < -0.39 is 0 Å². The van der Waals surface area contributed by atoms with Gasteiger partial charge in [-0.25, -0.2) is 5.26 Å². The first-order valence-corrected chi connectivity index (χ1v) is 2.14. The van der Waals surface area contributed by atoms with Crippen LogP contribution in [0.5, 0.6) is 0 Å². The Kier molecular flexibility index (Phi) is 4.01. The summed E-state index contributed by atoms with van der Waals surface area (Å²) in [6.45, 7) is 3.31. The number of allylic oxidation sites excluding steroid dienone is 3. The highest BCUT2D eigenvalue weighted by Gasteiger charge is 1.85. The summed E-state index contributed by atoms with van der Waals surface area (Å²) in [7, 11) is 0. The first kappa shape index (κ1) is 7.60. The Morgan fingerprint density at radius 1 is 1.67 bits per heavy atom. The molecule has 0 atom stereocenters. The molecule has 0 aliphatic rings. The fourth-order valence-corrected chi connectivity index (χ4v) is 0.257. The molecule has 0 rings (SSSR count). The SMILES string of the molecule is C=C/C=C(/C#CO)OO. The van der Waals surface area contributed by atoms with Crippen LogP contribution in [0.1, 0.15) is 0 Å². The number of hydrogen-bond acceptors (Lipinski definition) is 3. The first-order valence-electron chi connectivity index (χ1n) is 2.14. The van der Waals surface area contributed by atoms with Gasteiger partial charge >= 0.3 is 0 Å². The van der Waals surface area contributed by atoms with E-state index in [2.05, 4.69) is 17.4 Å². The predicted octanol–water partition coefficient (Wildman–Crippen LogP) is 0.879. The summed E-state index contributed by atoms with van der Waals surface area (Å²) < 4.78 is 0. The number of aliphatic hydroxyl groups excluding tert-OH is 1. The van der Waals surface area contributed by atoms with Crippen molar-refractivity contribution in [3.8, 4) is 12.0 Å². The lowest BCUT2D eigenvalue weighted by Gasteiger charge is -1.87. The standard InChI is InChI=1S/C6H6O3/c1-2-3-6(9-8)4-5-7/h2-3,7-8H,1H2/b6-3-. The zero-order valence-electron chi connectivity index (χ0n) is 4.66. The van der Waals surface area contributed by atoms with E-state index in [1.165, 1.54) is 12.2 Å². The van der Waals surface area contributed by atoms with Crippen LogP contribution in [0.15, 0.2) is 24.5 Å². The molecule has 0 aliphatic carbocycles. The Morgan fingerprint density at radius 2 is 2.33 bits per heavy atom. The lowest BCUT2D eigenvalue weighted by molar-refractivity contribution is -0.196. The fraction of sp³-hybridized carbons (Fsp3) is 0. The molecule has 3 nitrogen and oxygen atoms in total. The Morgan fingerprint density at radius 3 is 2.67 bits per heavy atom. The van der Waals surface area contributed by atoms with Crippen LogP contribution in [0.4, 0.5) is 0 Å². The van der Waals surface area contributed by atoms with E-state index in [1.807, 2.05) is 0 Å². The first-order chi connectivity index (χ1) is 4.35. The van der Waals surface area contributed by atoms with E-state index in [0.29, 0.717) is 0 Å². The topological polar surface area (TPSA) is 49.7 Å². The highest BCUT2D eigenvalue weighted by atomic mass is 17.1. The predicted molar refractivity (Wildman–Crippen MR) is 31.7 cm³/mol. The van der Waals surface area contributed by atoms with Gasteiger partial charge in [-0.3, -0.25) is 0 Å². The molecule has 48 valence electrons. The van der Waals surface area contributed by atoms with Crippen molar-refractivity contribution < 1.29 is 15.3 Å². The van der Waals surface area contributed by atoms with E-state index >= 15 is 0 Å². The molecule has 0 aromatic rings. The van der Waals surface area contributed by atoms with Crippen molar-refractivity contribution in [1.29, 1.82) is 0 Å². The summed E-state index contributed by atoms with van der Waals surface area (Å²) >= 11 is 0. The molecule has 0 unspecified atom stereocenters. The highest BCUT2D eigenvalue weighted by molar-refractivity contribution is 5.23. The van der Waals surface area contributed by atoms with Crippen LogP contribution in [0, 0.1) is 12.0 Å². The molecule has 9 heavy (non-hydrogen) atoms. The second-order valence-corrected chi connectivity index (χ2v) is 1.09. The molecule has 0 aromatic heterocycles. The Labute approximate surface area is 52.8 Å². The maximum atomic E-state index is 7.97. The van der Waals surface area contributed by atoms with Crippen LogP contribution in [-0.4, -0.2) is 10.4 Å². The van der Waals surface area contributed by atoms with E-state index in [0.717, 1.165) is 0 Å². The van der Waals surface area contributed by atoms with Gasteiger partial charge < -0.3 is 9.99 Å². The van der Waals surface area contributed by atoms with Crippen molar-refractivity contribution in [3.63, 3.8) is 0 Å². The molecule has 0 fully saturated rings. The van der Waals surface area contributed by atoms with Gasteiger partial charge in [0.1, 0.15) is 6.11 Å². The lowest BCUT2D eigenvalue weighted by Crippen LogP contribution is -1.80. The van der Waals surface area contributed by atoms with Crippen molar-refractivity contribution in [2.24, 2.45) is 0 Å². The molecule has 0 saturated carbocycles. The van der Waals surface area contributed by atoms with Crippen molar-refractivity contribution in [2.75, 3.05) is 0 Å². The van der Waals surface area contributed by atoms with Crippen LogP contribution in [0.25, 0.3) is 0 Å². The van der Waals surface area contributed by atoms with E-state index in [9.17, 15) is 0 Å². The van der Waals surface area contributed by atoms with Gasteiger partial charge in [0, 0.05) is 5.92 Å². The summed E-state index contributed by atoms with van der Waals surface area (Å²) in [6.07, 6.45) is 4.23. The minimum absolute atomic E-state index is 0.0486. The van der Waals surface area contributed by atoms with Crippen LogP contribution in [0.2, 0.25) is 0 Å². The summed E-state index contributed by atoms with van der Waals surface area (Å²) in [5.74, 6) is 2.01. The molecule has 0 bridgehead atoms. The Hall–Kier alpha value is -1.40. The van der Waals surface area contributed by atoms with Gasteiger partial charge in [0.15, 0.2) is 0 Å². The Balaban J connectivity index is 4.08. The van der Waals surface area contributed by atoms with Crippen LogP contribution >= 0.6 is 0 Å². The summed E-state index contributed by atoms with van der Waals surface area (Å²) in [5, 5.41) is 15.9. The molecular formula is C6H6O3. The van der Waals surface area contributed by atoms with Gasteiger partial charge in [-0.15, -0.1) is 0 Å². The molecular weight excluding hydrogens is 120 g/mol. The van der Waals surface area contributed by atoms with Crippen molar-refractivity contribution in [3.05, 3.63) is 24.5 Å². The van der Waals surface area contributed by atoms with Gasteiger partial charge in [0.25, 0.3) is 0 Å². The maximum absolute atomic E-state index is 7.97. The molecule has 0 spiro atoms. The van der Waals surface area contributed by atoms with Crippen molar-refractivity contribution >= 4 is 0 Å². The molecule has 0 aliphatic heterocycles. The van der Waals surface area contributed by atoms with Gasteiger partial charge in [0.05, 0.1) is 0 Å². The largest absolute Gasteiger partial charge is 0.462 e. The van der Waals surface area contributed by atoms with Gasteiger partial charge in [0.2, 0.25) is 5.76 Å². The van der Waals surface area contributed by atoms with Crippen LogP contribution < -0.4 is 0 Å². The zero-order valence-corrected chi connectivity index (χ0v) is 4.66.